The molecule has 5 nitrogen and oxygen atoms in total. The van der Waals surface area contributed by atoms with Gasteiger partial charge in [0.05, 0.1) is 12.0 Å². The van der Waals surface area contributed by atoms with Crippen LogP contribution in [0.25, 0.3) is 0 Å². The highest BCUT2D eigenvalue weighted by Gasteiger charge is 2.18. The smallest absolute Gasteiger partial charge is 0.241 e. The minimum Gasteiger partial charge on any atom is -0.392 e. The van der Waals surface area contributed by atoms with E-state index in [1.54, 1.807) is 0 Å². The van der Waals surface area contributed by atoms with Gasteiger partial charge in [-0.2, -0.15) is 0 Å². The van der Waals surface area contributed by atoms with Crippen LogP contribution in [-0.2, 0) is 11.3 Å². The lowest BCUT2D eigenvalue weighted by Gasteiger charge is -2.30. The Morgan fingerprint density at radius 2 is 2.20 bits per heavy atom. The van der Waals surface area contributed by atoms with Gasteiger partial charge in [-0.3, -0.25) is 15.1 Å². The van der Waals surface area contributed by atoms with Crippen molar-refractivity contribution in [3.05, 3.63) is 35.4 Å². The van der Waals surface area contributed by atoms with E-state index in [1.165, 1.54) is 5.56 Å². The topological polar surface area (TPSA) is 78.6 Å². The predicted octanol–water partition coefficient (Wildman–Crippen LogP) is 0.737. The van der Waals surface area contributed by atoms with Gasteiger partial charge in [0.25, 0.3) is 0 Å². The predicted molar refractivity (Wildman–Crippen MR) is 77.7 cm³/mol. The molecule has 5 heteroatoms. The van der Waals surface area contributed by atoms with Crippen molar-refractivity contribution in [2.75, 3.05) is 13.1 Å². The van der Waals surface area contributed by atoms with Gasteiger partial charge in [0.2, 0.25) is 5.91 Å². The van der Waals surface area contributed by atoms with E-state index in [0.29, 0.717) is 0 Å². The van der Waals surface area contributed by atoms with Gasteiger partial charge in [-0.1, -0.05) is 24.3 Å². The van der Waals surface area contributed by atoms with E-state index in [-0.39, 0.29) is 17.9 Å². The van der Waals surface area contributed by atoms with E-state index < -0.39 is 0 Å². The van der Waals surface area contributed by atoms with Crippen LogP contribution >= 0.6 is 0 Å². The zero-order valence-electron chi connectivity index (χ0n) is 11.9. The molecule has 20 heavy (non-hydrogen) atoms. The number of hydrogen-bond acceptors (Lipinski definition) is 4. The van der Waals surface area contributed by atoms with E-state index in [4.69, 9.17) is 5.84 Å². The fourth-order valence-electron chi connectivity index (χ4n) is 2.62. The quantitative estimate of drug-likeness (QED) is 0.431. The number of hydrogen-bond donors (Lipinski definition) is 3. The number of amides is 1. The van der Waals surface area contributed by atoms with Crippen LogP contribution in [0.1, 0.15) is 36.8 Å². The highest BCUT2D eigenvalue weighted by molar-refractivity contribution is 5.82. The molecule has 110 valence electrons. The standard InChI is InChI=1S/C15H23N3O2/c1-11(15(20)17-16)13-6-4-12(5-7-13)9-18-8-2-3-14(19)10-18/h4-7,11,14,19H,2-3,8-10,16H2,1H3,(H,17,20). The molecular weight excluding hydrogens is 254 g/mol. The zero-order valence-corrected chi connectivity index (χ0v) is 11.9. The maximum absolute atomic E-state index is 11.5. The van der Waals surface area contributed by atoms with Crippen LogP contribution in [0.4, 0.5) is 0 Å². The molecule has 0 aromatic heterocycles. The first kappa shape index (κ1) is 15.0. The van der Waals surface area contributed by atoms with Crippen LogP contribution in [0.15, 0.2) is 24.3 Å². The van der Waals surface area contributed by atoms with Gasteiger partial charge in [0.15, 0.2) is 0 Å². The van der Waals surface area contributed by atoms with Crippen LogP contribution in [0, 0.1) is 0 Å². The Labute approximate surface area is 119 Å². The van der Waals surface area contributed by atoms with Gasteiger partial charge in [-0.05, 0) is 37.4 Å². The van der Waals surface area contributed by atoms with Crippen molar-refractivity contribution >= 4 is 5.91 Å². The Morgan fingerprint density at radius 1 is 1.50 bits per heavy atom. The van der Waals surface area contributed by atoms with Crippen LogP contribution in [0.5, 0.6) is 0 Å². The molecule has 1 aromatic rings. The molecule has 0 saturated carbocycles. The average molecular weight is 277 g/mol. The Bertz CT molecular complexity index is 447. The summed E-state index contributed by atoms with van der Waals surface area (Å²) in [7, 11) is 0. The molecule has 1 amide bonds. The van der Waals surface area contributed by atoms with E-state index in [9.17, 15) is 9.90 Å². The molecule has 0 spiro atoms. The number of hydrazine groups is 1. The van der Waals surface area contributed by atoms with Gasteiger partial charge in [-0.15, -0.1) is 0 Å². The molecule has 0 bridgehead atoms. The number of rotatable bonds is 4. The Morgan fingerprint density at radius 3 is 2.80 bits per heavy atom. The summed E-state index contributed by atoms with van der Waals surface area (Å²) in [5, 5.41) is 9.66. The summed E-state index contributed by atoms with van der Waals surface area (Å²) in [5.74, 6) is 4.72. The molecule has 1 saturated heterocycles. The first-order valence-corrected chi connectivity index (χ1v) is 7.10. The molecular formula is C15H23N3O2. The average Bonchev–Trinajstić information content (AvgIpc) is 2.46. The van der Waals surface area contributed by atoms with Gasteiger partial charge in [0.1, 0.15) is 0 Å². The van der Waals surface area contributed by atoms with Crippen molar-refractivity contribution in [1.29, 1.82) is 0 Å². The van der Waals surface area contributed by atoms with E-state index >= 15 is 0 Å². The molecule has 0 radical (unpaired) electrons. The molecule has 1 fully saturated rings. The molecule has 1 heterocycles. The van der Waals surface area contributed by atoms with Crippen molar-refractivity contribution in [1.82, 2.24) is 10.3 Å². The van der Waals surface area contributed by atoms with Crippen molar-refractivity contribution in [2.45, 2.75) is 38.3 Å². The molecule has 1 aromatic carbocycles. The second-order valence-electron chi connectivity index (χ2n) is 5.50. The van der Waals surface area contributed by atoms with Crippen LogP contribution in [0.3, 0.4) is 0 Å². The summed E-state index contributed by atoms with van der Waals surface area (Å²) >= 11 is 0. The molecule has 1 aliphatic rings. The van der Waals surface area contributed by atoms with Gasteiger partial charge < -0.3 is 5.11 Å². The molecule has 2 rings (SSSR count). The fourth-order valence-corrected chi connectivity index (χ4v) is 2.62. The number of aliphatic hydroxyl groups excluding tert-OH is 1. The lowest BCUT2D eigenvalue weighted by atomic mass is 9.99. The summed E-state index contributed by atoms with van der Waals surface area (Å²) in [6.07, 6.45) is 1.75. The van der Waals surface area contributed by atoms with Crippen LogP contribution in [-0.4, -0.2) is 35.1 Å². The number of nitrogens with one attached hydrogen (secondary N) is 1. The van der Waals surface area contributed by atoms with Gasteiger partial charge >= 0.3 is 0 Å². The van der Waals surface area contributed by atoms with Gasteiger partial charge in [-0.25, -0.2) is 5.84 Å². The van der Waals surface area contributed by atoms with Crippen LogP contribution in [0.2, 0.25) is 0 Å². The number of nitrogens with zero attached hydrogens (tertiary/aromatic N) is 1. The van der Waals surface area contributed by atoms with E-state index in [0.717, 1.165) is 38.0 Å². The number of benzene rings is 1. The number of carbonyl (C=O) groups is 1. The summed E-state index contributed by atoms with van der Waals surface area (Å²) in [4.78, 5) is 13.7. The zero-order chi connectivity index (χ0) is 14.5. The van der Waals surface area contributed by atoms with Crippen molar-refractivity contribution < 1.29 is 9.90 Å². The number of piperidine rings is 1. The summed E-state index contributed by atoms with van der Waals surface area (Å²) in [6.45, 7) is 4.45. The van der Waals surface area contributed by atoms with Crippen molar-refractivity contribution in [3.8, 4) is 0 Å². The molecule has 1 aliphatic heterocycles. The third kappa shape index (κ3) is 3.79. The summed E-state index contributed by atoms with van der Waals surface area (Å²) in [6, 6.07) is 8.01. The number of carbonyl (C=O) groups excluding carboxylic acids is 1. The highest BCUT2D eigenvalue weighted by atomic mass is 16.3. The van der Waals surface area contributed by atoms with E-state index in [1.807, 2.05) is 31.2 Å². The lowest BCUT2D eigenvalue weighted by Crippen LogP contribution is -2.37. The van der Waals surface area contributed by atoms with Crippen molar-refractivity contribution in [3.63, 3.8) is 0 Å². The second kappa shape index (κ2) is 6.83. The SMILES string of the molecule is CC(C(=O)NN)c1ccc(CN2CCCC(O)C2)cc1. The number of β-amino-alcohol motifs (C(OH)–C–C–N with tert-alkyl or cyclic N) is 1. The summed E-state index contributed by atoms with van der Waals surface area (Å²) < 4.78 is 0. The molecule has 4 N–H and O–H groups in total. The largest absolute Gasteiger partial charge is 0.392 e. The maximum atomic E-state index is 11.5. The van der Waals surface area contributed by atoms with Gasteiger partial charge in [0, 0.05) is 13.1 Å². The number of likely N-dealkylation sites (tertiary alicyclic amines) is 1. The first-order valence-electron chi connectivity index (χ1n) is 7.10. The van der Waals surface area contributed by atoms with E-state index in [2.05, 4.69) is 10.3 Å². The third-order valence-corrected chi connectivity index (χ3v) is 3.90. The third-order valence-electron chi connectivity index (χ3n) is 3.90. The van der Waals surface area contributed by atoms with Crippen LogP contribution < -0.4 is 11.3 Å². The summed E-state index contributed by atoms with van der Waals surface area (Å²) in [5.41, 5.74) is 4.32. The minimum absolute atomic E-state index is 0.183. The first-order chi connectivity index (χ1) is 9.60. The Balaban J connectivity index is 1.96. The Kier molecular flexibility index (Phi) is 5.11. The molecule has 0 aliphatic carbocycles. The molecule has 2 atom stereocenters. The highest BCUT2D eigenvalue weighted by Crippen LogP contribution is 2.18. The second-order valence-corrected chi connectivity index (χ2v) is 5.50. The molecule has 2 unspecified atom stereocenters. The number of aliphatic hydroxyl groups is 1. The number of nitrogens with two attached hydrogens (primary N) is 1. The maximum Gasteiger partial charge on any atom is 0.241 e. The minimum atomic E-state index is -0.245. The normalized spacial score (nSPS) is 21.4. The Hall–Kier alpha value is -1.43. The van der Waals surface area contributed by atoms with Crippen molar-refractivity contribution in [2.24, 2.45) is 5.84 Å². The lowest BCUT2D eigenvalue weighted by molar-refractivity contribution is -0.122. The fraction of sp³-hybridized carbons (Fsp3) is 0.533. The monoisotopic (exact) mass is 277 g/mol.